The van der Waals surface area contributed by atoms with E-state index in [-0.39, 0.29) is 18.5 Å². The molecule has 0 saturated carbocycles. The average Bonchev–Trinajstić information content (AvgIpc) is 2.98. The van der Waals surface area contributed by atoms with Crippen LogP contribution in [0.4, 0.5) is 4.79 Å². The number of amides is 4. The maximum atomic E-state index is 13.3. The third-order valence-electron chi connectivity index (χ3n) is 6.39. The quantitative estimate of drug-likeness (QED) is 0.610. The molecular formula is C26H31N3O5. The zero-order valence-corrected chi connectivity index (χ0v) is 19.8. The Balaban J connectivity index is 1.50. The van der Waals surface area contributed by atoms with Crippen molar-refractivity contribution in [3.05, 3.63) is 59.7 Å². The van der Waals surface area contributed by atoms with Gasteiger partial charge in [0.15, 0.2) is 11.5 Å². The van der Waals surface area contributed by atoms with Crippen LogP contribution in [0.5, 0.6) is 11.5 Å². The van der Waals surface area contributed by atoms with E-state index in [0.717, 1.165) is 16.9 Å². The van der Waals surface area contributed by atoms with E-state index >= 15 is 0 Å². The number of carbonyl (C=O) groups is 3. The normalized spacial score (nSPS) is 20.6. The van der Waals surface area contributed by atoms with Crippen LogP contribution in [0.1, 0.15) is 50.8 Å². The zero-order chi connectivity index (χ0) is 24.3. The molecule has 2 N–H and O–H groups in total. The SMILES string of the molecule is CC[C@]1(c2ccccc2)NC(=O)N(CC(=O)N[C@H](c2ccc3c(c2)OCCCO3)C(C)C)C1=O. The predicted octanol–water partition coefficient (Wildman–Crippen LogP) is 3.52. The molecule has 0 aliphatic carbocycles. The van der Waals surface area contributed by atoms with Crippen LogP contribution in [0, 0.1) is 5.92 Å². The van der Waals surface area contributed by atoms with Gasteiger partial charge in [-0.05, 0) is 35.6 Å². The molecule has 34 heavy (non-hydrogen) atoms. The highest BCUT2D eigenvalue weighted by Gasteiger charge is 2.51. The first kappa shape index (κ1) is 23.6. The molecule has 0 spiro atoms. The van der Waals surface area contributed by atoms with Crippen LogP contribution in [0.15, 0.2) is 48.5 Å². The number of hydrogen-bond acceptors (Lipinski definition) is 5. The summed E-state index contributed by atoms with van der Waals surface area (Å²) in [6, 6.07) is 13.9. The number of benzene rings is 2. The molecule has 8 nitrogen and oxygen atoms in total. The van der Waals surface area contributed by atoms with E-state index in [1.54, 1.807) is 0 Å². The molecule has 8 heteroatoms. The highest BCUT2D eigenvalue weighted by Crippen LogP contribution is 2.35. The van der Waals surface area contributed by atoms with Crippen molar-refractivity contribution in [2.75, 3.05) is 19.8 Å². The first-order valence-corrected chi connectivity index (χ1v) is 11.7. The Morgan fingerprint density at radius 2 is 1.79 bits per heavy atom. The van der Waals surface area contributed by atoms with Gasteiger partial charge in [-0.3, -0.25) is 14.5 Å². The van der Waals surface area contributed by atoms with Gasteiger partial charge in [-0.25, -0.2) is 4.79 Å². The van der Waals surface area contributed by atoms with Gasteiger partial charge in [0.05, 0.1) is 19.3 Å². The lowest BCUT2D eigenvalue weighted by molar-refractivity contribution is -0.135. The van der Waals surface area contributed by atoms with E-state index < -0.39 is 23.4 Å². The predicted molar refractivity (Wildman–Crippen MR) is 126 cm³/mol. The summed E-state index contributed by atoms with van der Waals surface area (Å²) in [6.07, 6.45) is 1.19. The van der Waals surface area contributed by atoms with Crippen molar-refractivity contribution in [2.45, 2.75) is 45.2 Å². The minimum absolute atomic E-state index is 0.0656. The van der Waals surface area contributed by atoms with Gasteiger partial charge in [-0.15, -0.1) is 0 Å². The Morgan fingerprint density at radius 1 is 1.09 bits per heavy atom. The van der Waals surface area contributed by atoms with Crippen LogP contribution in [0.3, 0.4) is 0 Å². The van der Waals surface area contributed by atoms with Gasteiger partial charge >= 0.3 is 6.03 Å². The monoisotopic (exact) mass is 465 g/mol. The van der Waals surface area contributed by atoms with Crippen molar-refractivity contribution in [1.29, 1.82) is 0 Å². The molecule has 1 saturated heterocycles. The molecule has 0 aromatic heterocycles. The Kier molecular flexibility index (Phi) is 6.77. The molecule has 4 rings (SSSR count). The fourth-order valence-corrected chi connectivity index (χ4v) is 4.50. The van der Waals surface area contributed by atoms with Gasteiger partial charge in [0.25, 0.3) is 5.91 Å². The lowest BCUT2D eigenvalue weighted by Crippen LogP contribution is -2.45. The first-order chi connectivity index (χ1) is 16.4. The Morgan fingerprint density at radius 3 is 2.47 bits per heavy atom. The Labute approximate surface area is 199 Å². The largest absolute Gasteiger partial charge is 0.490 e. The highest BCUT2D eigenvalue weighted by atomic mass is 16.5. The second-order valence-corrected chi connectivity index (χ2v) is 8.99. The Hall–Kier alpha value is -3.55. The zero-order valence-electron chi connectivity index (χ0n) is 19.8. The van der Waals surface area contributed by atoms with E-state index in [0.29, 0.717) is 36.7 Å². The topological polar surface area (TPSA) is 97.0 Å². The number of nitrogens with zero attached hydrogens (tertiary/aromatic N) is 1. The number of nitrogens with one attached hydrogen (secondary N) is 2. The van der Waals surface area contributed by atoms with E-state index in [1.165, 1.54) is 0 Å². The highest BCUT2D eigenvalue weighted by molar-refractivity contribution is 6.09. The molecule has 2 heterocycles. The molecular weight excluding hydrogens is 434 g/mol. The summed E-state index contributed by atoms with van der Waals surface area (Å²) in [5.41, 5.74) is 0.410. The van der Waals surface area contributed by atoms with Crippen LogP contribution < -0.4 is 20.1 Å². The molecule has 180 valence electrons. The van der Waals surface area contributed by atoms with Crippen molar-refractivity contribution in [2.24, 2.45) is 5.92 Å². The van der Waals surface area contributed by atoms with E-state index in [9.17, 15) is 14.4 Å². The number of urea groups is 1. The van der Waals surface area contributed by atoms with Gasteiger partial charge in [0, 0.05) is 6.42 Å². The number of hydrogen-bond donors (Lipinski definition) is 2. The molecule has 2 aromatic rings. The number of imide groups is 1. The maximum absolute atomic E-state index is 13.3. The number of fused-ring (bicyclic) bond motifs is 1. The van der Waals surface area contributed by atoms with Crippen molar-refractivity contribution < 1.29 is 23.9 Å². The van der Waals surface area contributed by atoms with Crippen molar-refractivity contribution in [3.8, 4) is 11.5 Å². The summed E-state index contributed by atoms with van der Waals surface area (Å²) in [5.74, 6) is 0.578. The molecule has 0 unspecified atom stereocenters. The Bertz CT molecular complexity index is 1070. The van der Waals surface area contributed by atoms with Crippen LogP contribution in [-0.4, -0.2) is 42.5 Å². The van der Waals surface area contributed by atoms with Crippen molar-refractivity contribution in [3.63, 3.8) is 0 Å². The smallest absolute Gasteiger partial charge is 0.325 e. The first-order valence-electron chi connectivity index (χ1n) is 11.7. The fourth-order valence-electron chi connectivity index (χ4n) is 4.50. The molecule has 1 fully saturated rings. The lowest BCUT2D eigenvalue weighted by Gasteiger charge is -2.26. The van der Waals surface area contributed by atoms with Gasteiger partial charge < -0.3 is 20.1 Å². The van der Waals surface area contributed by atoms with Gasteiger partial charge in [0.1, 0.15) is 12.1 Å². The summed E-state index contributed by atoms with van der Waals surface area (Å²) >= 11 is 0. The molecule has 2 atom stereocenters. The molecule has 4 amide bonds. The van der Waals surface area contributed by atoms with Gasteiger partial charge in [-0.2, -0.15) is 0 Å². The molecule has 0 radical (unpaired) electrons. The molecule has 2 aliphatic rings. The minimum Gasteiger partial charge on any atom is -0.490 e. The third-order valence-corrected chi connectivity index (χ3v) is 6.39. The summed E-state index contributed by atoms with van der Waals surface area (Å²) in [5, 5.41) is 5.81. The number of carbonyl (C=O) groups excluding carboxylic acids is 3. The lowest BCUT2D eigenvalue weighted by atomic mass is 9.87. The summed E-state index contributed by atoms with van der Waals surface area (Å²) in [4.78, 5) is 40.1. The van der Waals surface area contributed by atoms with Crippen molar-refractivity contribution >= 4 is 17.8 Å². The van der Waals surface area contributed by atoms with Gasteiger partial charge in [-0.1, -0.05) is 57.2 Å². The number of ether oxygens (including phenoxy) is 2. The summed E-state index contributed by atoms with van der Waals surface area (Å²) in [7, 11) is 0. The summed E-state index contributed by atoms with van der Waals surface area (Å²) in [6.45, 7) is 6.66. The van der Waals surface area contributed by atoms with E-state index in [1.807, 2.05) is 69.3 Å². The van der Waals surface area contributed by atoms with E-state index in [2.05, 4.69) is 10.6 Å². The minimum atomic E-state index is -1.16. The van der Waals surface area contributed by atoms with Crippen LogP contribution in [0.25, 0.3) is 0 Å². The van der Waals surface area contributed by atoms with Crippen LogP contribution >= 0.6 is 0 Å². The summed E-state index contributed by atoms with van der Waals surface area (Å²) < 4.78 is 11.5. The van der Waals surface area contributed by atoms with Crippen LogP contribution in [-0.2, 0) is 15.1 Å². The fraction of sp³-hybridized carbons (Fsp3) is 0.423. The van der Waals surface area contributed by atoms with Crippen LogP contribution in [0.2, 0.25) is 0 Å². The molecule has 2 aromatic carbocycles. The standard InChI is InChI=1S/C26H31N3O5/c1-4-26(19-9-6-5-7-10-19)24(31)29(25(32)28-26)16-22(30)27-23(17(2)3)18-11-12-20-21(15-18)34-14-8-13-33-20/h5-7,9-12,15,17,23H,4,8,13-14,16H2,1-3H3,(H,27,30)(H,28,32)/t23-,26+/m0/s1. The second kappa shape index (κ2) is 9.75. The molecule has 2 aliphatic heterocycles. The number of rotatable bonds is 7. The average molecular weight is 466 g/mol. The third kappa shape index (κ3) is 4.44. The molecule has 0 bridgehead atoms. The van der Waals surface area contributed by atoms with E-state index in [4.69, 9.17) is 9.47 Å². The van der Waals surface area contributed by atoms with Gasteiger partial charge in [0.2, 0.25) is 5.91 Å². The van der Waals surface area contributed by atoms with Crippen molar-refractivity contribution in [1.82, 2.24) is 15.5 Å². The maximum Gasteiger partial charge on any atom is 0.325 e. The second-order valence-electron chi connectivity index (χ2n) is 8.99.